The van der Waals surface area contributed by atoms with E-state index in [0.717, 1.165) is 49.8 Å². The van der Waals surface area contributed by atoms with Crippen LogP contribution in [0.1, 0.15) is 6.92 Å². The molecule has 0 aromatic carbocycles. The van der Waals surface area contributed by atoms with E-state index in [1.54, 1.807) is 6.07 Å². The second-order valence-electron chi connectivity index (χ2n) is 5.51. The first-order chi connectivity index (χ1) is 10.7. The average molecular weight is 298 g/mol. The molecule has 1 aliphatic heterocycles. The minimum Gasteiger partial charge on any atom is -0.384 e. The third-order valence-corrected chi connectivity index (χ3v) is 4.04. The van der Waals surface area contributed by atoms with Crippen LogP contribution < -0.4 is 16.4 Å². The van der Waals surface area contributed by atoms with Crippen molar-refractivity contribution in [2.45, 2.75) is 6.92 Å². The van der Waals surface area contributed by atoms with E-state index < -0.39 is 0 Å². The predicted molar refractivity (Wildman–Crippen MR) is 90.6 cm³/mol. The van der Waals surface area contributed by atoms with Crippen LogP contribution in [0, 0.1) is 0 Å². The first-order valence-electron chi connectivity index (χ1n) is 7.63. The van der Waals surface area contributed by atoms with Crippen LogP contribution in [0.4, 0.5) is 17.5 Å². The molecule has 22 heavy (non-hydrogen) atoms. The highest BCUT2D eigenvalue weighted by Crippen LogP contribution is 2.25. The van der Waals surface area contributed by atoms with E-state index in [1.165, 1.54) is 0 Å². The number of aromatic nitrogens is 2. The van der Waals surface area contributed by atoms with E-state index in [9.17, 15) is 0 Å². The molecule has 116 valence electrons. The van der Waals surface area contributed by atoms with Crippen LogP contribution in [0.25, 0.3) is 11.3 Å². The third kappa shape index (κ3) is 3.12. The molecular formula is C16H22N6. The summed E-state index contributed by atoms with van der Waals surface area (Å²) in [4.78, 5) is 13.6. The molecule has 0 radical (unpaired) electrons. The third-order valence-electron chi connectivity index (χ3n) is 4.04. The number of hydrogen-bond donors (Lipinski definition) is 2. The fourth-order valence-electron chi connectivity index (χ4n) is 2.75. The molecule has 6 heteroatoms. The minimum absolute atomic E-state index is 0.506. The molecule has 0 spiro atoms. The topological polar surface area (TPSA) is 84.3 Å². The molecule has 3 rings (SSSR count). The Morgan fingerprint density at radius 1 is 1.00 bits per heavy atom. The van der Waals surface area contributed by atoms with Crippen molar-refractivity contribution in [2.24, 2.45) is 0 Å². The maximum atomic E-state index is 5.99. The number of piperazine rings is 1. The molecular weight excluding hydrogens is 276 g/mol. The van der Waals surface area contributed by atoms with Gasteiger partial charge in [0, 0.05) is 31.7 Å². The Kier molecular flexibility index (Phi) is 4.11. The Balaban J connectivity index is 1.87. The quantitative estimate of drug-likeness (QED) is 0.892. The first-order valence-corrected chi connectivity index (χ1v) is 7.63. The molecule has 3 heterocycles. The van der Waals surface area contributed by atoms with Crippen molar-refractivity contribution in [1.82, 2.24) is 14.9 Å². The second kappa shape index (κ2) is 6.19. The van der Waals surface area contributed by atoms with E-state index in [4.69, 9.17) is 11.5 Å². The van der Waals surface area contributed by atoms with Crippen molar-refractivity contribution in [1.29, 1.82) is 0 Å². The number of hydrogen-bond acceptors (Lipinski definition) is 6. The number of nitrogens with zero attached hydrogens (tertiary/aromatic N) is 4. The predicted octanol–water partition coefficient (Wildman–Crippen LogP) is 1.45. The molecule has 4 N–H and O–H groups in total. The van der Waals surface area contributed by atoms with E-state index in [0.29, 0.717) is 11.6 Å². The van der Waals surface area contributed by atoms with Crippen LogP contribution in [-0.2, 0) is 0 Å². The molecule has 1 saturated heterocycles. The molecule has 0 atom stereocenters. The van der Waals surface area contributed by atoms with Gasteiger partial charge in [-0.3, -0.25) is 0 Å². The summed E-state index contributed by atoms with van der Waals surface area (Å²) in [5.74, 6) is 1.93. The zero-order chi connectivity index (χ0) is 15.5. The monoisotopic (exact) mass is 298 g/mol. The molecule has 0 unspecified atom stereocenters. The summed E-state index contributed by atoms with van der Waals surface area (Å²) < 4.78 is 0. The van der Waals surface area contributed by atoms with Crippen LogP contribution in [-0.4, -0.2) is 47.6 Å². The normalized spacial score (nSPS) is 16.0. The highest BCUT2D eigenvalue weighted by Gasteiger charge is 2.18. The summed E-state index contributed by atoms with van der Waals surface area (Å²) in [6, 6.07) is 9.49. The van der Waals surface area contributed by atoms with Crippen molar-refractivity contribution in [3.8, 4) is 11.3 Å². The molecule has 2 aromatic heterocycles. The van der Waals surface area contributed by atoms with Crippen molar-refractivity contribution < 1.29 is 0 Å². The van der Waals surface area contributed by atoms with Gasteiger partial charge in [-0.05, 0) is 30.8 Å². The van der Waals surface area contributed by atoms with Crippen molar-refractivity contribution in [3.05, 3.63) is 30.3 Å². The van der Waals surface area contributed by atoms with Gasteiger partial charge in [0.05, 0.1) is 5.69 Å². The summed E-state index contributed by atoms with van der Waals surface area (Å²) in [7, 11) is 0. The van der Waals surface area contributed by atoms with Crippen LogP contribution in [0.15, 0.2) is 30.3 Å². The Labute approximate surface area is 130 Å². The Bertz CT molecular complexity index is 649. The van der Waals surface area contributed by atoms with Crippen LogP contribution in [0.3, 0.4) is 0 Å². The summed E-state index contributed by atoms with van der Waals surface area (Å²) >= 11 is 0. The molecule has 0 aliphatic carbocycles. The van der Waals surface area contributed by atoms with Gasteiger partial charge in [0.15, 0.2) is 0 Å². The fraction of sp³-hybridized carbons (Fsp3) is 0.375. The first kappa shape index (κ1) is 14.6. The van der Waals surface area contributed by atoms with E-state index in [1.807, 2.05) is 24.3 Å². The summed E-state index contributed by atoms with van der Waals surface area (Å²) in [5, 5.41) is 0. The number of anilines is 3. The smallest absolute Gasteiger partial charge is 0.131 e. The SMILES string of the molecule is CCN1CCN(c2cc(-c3cccc(N)n3)cc(N)n2)CC1. The number of rotatable bonds is 3. The lowest BCUT2D eigenvalue weighted by Crippen LogP contribution is -2.46. The van der Waals surface area contributed by atoms with Crippen LogP contribution >= 0.6 is 0 Å². The zero-order valence-electron chi connectivity index (χ0n) is 12.9. The van der Waals surface area contributed by atoms with Gasteiger partial charge in [-0.1, -0.05) is 13.0 Å². The molecule has 1 aliphatic rings. The maximum absolute atomic E-state index is 5.99. The van der Waals surface area contributed by atoms with Crippen molar-refractivity contribution in [2.75, 3.05) is 49.1 Å². The lowest BCUT2D eigenvalue weighted by molar-refractivity contribution is 0.270. The van der Waals surface area contributed by atoms with Gasteiger partial charge in [0.2, 0.25) is 0 Å². The van der Waals surface area contributed by atoms with Crippen molar-refractivity contribution >= 4 is 17.5 Å². The molecule has 0 bridgehead atoms. The number of nitrogens with two attached hydrogens (primary N) is 2. The summed E-state index contributed by atoms with van der Waals surface area (Å²) in [5.41, 5.74) is 13.5. The van der Waals surface area contributed by atoms with Crippen LogP contribution in [0.5, 0.6) is 0 Å². The van der Waals surface area contributed by atoms with Gasteiger partial charge in [-0.25, -0.2) is 9.97 Å². The summed E-state index contributed by atoms with van der Waals surface area (Å²) in [6.45, 7) is 7.33. The second-order valence-corrected chi connectivity index (χ2v) is 5.51. The summed E-state index contributed by atoms with van der Waals surface area (Å²) in [6.07, 6.45) is 0. The van der Waals surface area contributed by atoms with Gasteiger partial charge >= 0.3 is 0 Å². The van der Waals surface area contributed by atoms with Gasteiger partial charge < -0.3 is 21.3 Å². The number of likely N-dealkylation sites (N-methyl/N-ethyl adjacent to an activating group) is 1. The van der Waals surface area contributed by atoms with Gasteiger partial charge in [-0.2, -0.15) is 0 Å². The molecule has 6 nitrogen and oxygen atoms in total. The molecule has 1 fully saturated rings. The Hall–Kier alpha value is -2.34. The van der Waals surface area contributed by atoms with Crippen LogP contribution in [0.2, 0.25) is 0 Å². The van der Waals surface area contributed by atoms with Crippen molar-refractivity contribution in [3.63, 3.8) is 0 Å². The van der Waals surface area contributed by atoms with E-state index in [2.05, 4.69) is 26.7 Å². The Morgan fingerprint density at radius 3 is 2.45 bits per heavy atom. The maximum Gasteiger partial charge on any atom is 0.131 e. The number of pyridine rings is 2. The molecule has 2 aromatic rings. The van der Waals surface area contributed by atoms with Gasteiger partial charge in [0.1, 0.15) is 17.5 Å². The van der Waals surface area contributed by atoms with E-state index in [-0.39, 0.29) is 0 Å². The zero-order valence-corrected chi connectivity index (χ0v) is 12.9. The minimum atomic E-state index is 0.506. The van der Waals surface area contributed by atoms with Gasteiger partial charge in [-0.15, -0.1) is 0 Å². The molecule has 0 saturated carbocycles. The fourth-order valence-corrected chi connectivity index (χ4v) is 2.75. The lowest BCUT2D eigenvalue weighted by Gasteiger charge is -2.35. The standard InChI is InChI=1S/C16H22N6/c1-2-21-6-8-22(9-7-21)16-11-12(10-15(18)20-16)13-4-3-5-14(17)19-13/h3-5,10-11H,2,6-9H2,1H3,(H2,17,19)(H2,18,20). The van der Waals surface area contributed by atoms with E-state index >= 15 is 0 Å². The highest BCUT2D eigenvalue weighted by atomic mass is 15.3. The Morgan fingerprint density at radius 2 is 1.77 bits per heavy atom. The lowest BCUT2D eigenvalue weighted by atomic mass is 10.1. The number of nitrogen functional groups attached to an aromatic ring is 2. The largest absolute Gasteiger partial charge is 0.384 e. The highest BCUT2D eigenvalue weighted by molar-refractivity contribution is 5.68. The molecule has 0 amide bonds. The van der Waals surface area contributed by atoms with Gasteiger partial charge in [0.25, 0.3) is 0 Å². The average Bonchev–Trinajstić information content (AvgIpc) is 2.54.